The van der Waals surface area contributed by atoms with E-state index in [9.17, 15) is 0 Å². The number of rotatable bonds is 6. The van der Waals surface area contributed by atoms with Crippen LogP contribution in [0.5, 0.6) is 11.5 Å². The molecule has 0 aromatic heterocycles. The van der Waals surface area contributed by atoms with Crippen LogP contribution in [-0.4, -0.2) is 20.3 Å². The average molecular weight is 223 g/mol. The van der Waals surface area contributed by atoms with Crippen molar-refractivity contribution in [1.82, 2.24) is 0 Å². The topological polar surface area (TPSA) is 44.5 Å². The molecule has 0 fully saturated rings. The van der Waals surface area contributed by atoms with Crippen molar-refractivity contribution in [1.29, 1.82) is 0 Å². The summed E-state index contributed by atoms with van der Waals surface area (Å²) in [4.78, 5) is 0. The number of nitrogens with two attached hydrogens (primary N) is 1. The number of benzene rings is 1. The number of hydrogen-bond donors (Lipinski definition) is 1. The van der Waals surface area contributed by atoms with E-state index in [1.165, 1.54) is 0 Å². The van der Waals surface area contributed by atoms with Crippen molar-refractivity contribution in [3.8, 4) is 11.5 Å². The highest BCUT2D eigenvalue weighted by Crippen LogP contribution is 2.20. The van der Waals surface area contributed by atoms with E-state index < -0.39 is 0 Å². The van der Waals surface area contributed by atoms with Gasteiger partial charge in [-0.1, -0.05) is 19.9 Å². The van der Waals surface area contributed by atoms with E-state index in [1.807, 2.05) is 24.3 Å². The number of ether oxygens (including phenoxy) is 2. The van der Waals surface area contributed by atoms with Crippen LogP contribution in [0.1, 0.15) is 13.8 Å². The molecule has 0 aliphatic rings. The Morgan fingerprint density at radius 2 is 1.94 bits per heavy atom. The zero-order valence-corrected chi connectivity index (χ0v) is 10.3. The molecule has 0 saturated heterocycles. The van der Waals surface area contributed by atoms with Gasteiger partial charge in [-0.05, 0) is 24.6 Å². The normalized spacial score (nSPS) is 12.6. The molecule has 0 aliphatic heterocycles. The summed E-state index contributed by atoms with van der Waals surface area (Å²) < 4.78 is 10.8. The van der Waals surface area contributed by atoms with Crippen molar-refractivity contribution >= 4 is 0 Å². The van der Waals surface area contributed by atoms with Crippen LogP contribution in [0.4, 0.5) is 0 Å². The standard InChI is InChI=1S/C13H21NO2/c1-10(2)11(8-14)9-16-13-6-4-5-12(7-13)15-3/h4-7,10-11H,8-9,14H2,1-3H3. The lowest BCUT2D eigenvalue weighted by Crippen LogP contribution is -2.26. The van der Waals surface area contributed by atoms with Crippen LogP contribution in [0.3, 0.4) is 0 Å². The Morgan fingerprint density at radius 3 is 2.50 bits per heavy atom. The largest absolute Gasteiger partial charge is 0.497 e. The van der Waals surface area contributed by atoms with Crippen LogP contribution in [0.25, 0.3) is 0 Å². The van der Waals surface area contributed by atoms with E-state index in [0.717, 1.165) is 11.5 Å². The zero-order chi connectivity index (χ0) is 12.0. The van der Waals surface area contributed by atoms with Gasteiger partial charge in [0, 0.05) is 12.0 Å². The van der Waals surface area contributed by atoms with Crippen molar-refractivity contribution in [2.45, 2.75) is 13.8 Å². The Bertz CT molecular complexity index is 313. The third-order valence-electron chi connectivity index (χ3n) is 2.75. The van der Waals surface area contributed by atoms with Crippen LogP contribution >= 0.6 is 0 Å². The first-order chi connectivity index (χ1) is 7.67. The monoisotopic (exact) mass is 223 g/mol. The molecule has 1 unspecified atom stereocenters. The van der Waals surface area contributed by atoms with Gasteiger partial charge in [0.2, 0.25) is 0 Å². The van der Waals surface area contributed by atoms with Crippen LogP contribution in [0, 0.1) is 11.8 Å². The van der Waals surface area contributed by atoms with Crippen molar-refractivity contribution < 1.29 is 9.47 Å². The molecule has 1 rings (SSSR count). The molecule has 1 aromatic carbocycles. The summed E-state index contributed by atoms with van der Waals surface area (Å²) >= 11 is 0. The predicted molar refractivity (Wildman–Crippen MR) is 65.9 cm³/mol. The van der Waals surface area contributed by atoms with Crippen molar-refractivity contribution in [2.75, 3.05) is 20.3 Å². The Balaban J connectivity index is 2.53. The molecule has 0 amide bonds. The zero-order valence-electron chi connectivity index (χ0n) is 10.3. The third-order valence-corrected chi connectivity index (χ3v) is 2.75. The van der Waals surface area contributed by atoms with Gasteiger partial charge >= 0.3 is 0 Å². The Labute approximate surface area is 97.6 Å². The predicted octanol–water partition coefficient (Wildman–Crippen LogP) is 2.30. The second-order valence-electron chi connectivity index (χ2n) is 4.23. The van der Waals surface area contributed by atoms with E-state index in [-0.39, 0.29) is 0 Å². The lowest BCUT2D eigenvalue weighted by molar-refractivity contribution is 0.214. The first-order valence-electron chi connectivity index (χ1n) is 5.64. The molecular weight excluding hydrogens is 202 g/mol. The SMILES string of the molecule is COc1cccc(OCC(CN)C(C)C)c1. The van der Waals surface area contributed by atoms with Crippen LogP contribution in [-0.2, 0) is 0 Å². The fourth-order valence-electron chi connectivity index (χ4n) is 1.43. The number of hydrogen-bond acceptors (Lipinski definition) is 3. The molecule has 0 heterocycles. The summed E-state index contributed by atoms with van der Waals surface area (Å²) in [5.41, 5.74) is 5.69. The summed E-state index contributed by atoms with van der Waals surface area (Å²) in [6.45, 7) is 5.63. The molecule has 0 saturated carbocycles. The molecule has 90 valence electrons. The smallest absolute Gasteiger partial charge is 0.122 e. The van der Waals surface area contributed by atoms with Gasteiger partial charge in [-0.25, -0.2) is 0 Å². The highest BCUT2D eigenvalue weighted by atomic mass is 16.5. The van der Waals surface area contributed by atoms with E-state index in [4.69, 9.17) is 15.2 Å². The van der Waals surface area contributed by atoms with E-state index >= 15 is 0 Å². The first-order valence-corrected chi connectivity index (χ1v) is 5.64. The fourth-order valence-corrected chi connectivity index (χ4v) is 1.43. The highest BCUT2D eigenvalue weighted by Gasteiger charge is 2.12. The molecule has 16 heavy (non-hydrogen) atoms. The van der Waals surface area contributed by atoms with Gasteiger partial charge in [-0.15, -0.1) is 0 Å². The van der Waals surface area contributed by atoms with Gasteiger partial charge in [0.05, 0.1) is 13.7 Å². The van der Waals surface area contributed by atoms with Gasteiger partial charge < -0.3 is 15.2 Å². The van der Waals surface area contributed by atoms with E-state index in [2.05, 4.69) is 13.8 Å². The molecule has 3 heteroatoms. The Hall–Kier alpha value is -1.22. The summed E-state index contributed by atoms with van der Waals surface area (Å²) in [7, 11) is 1.65. The Morgan fingerprint density at radius 1 is 1.25 bits per heavy atom. The van der Waals surface area contributed by atoms with Crippen molar-refractivity contribution in [2.24, 2.45) is 17.6 Å². The number of methoxy groups -OCH3 is 1. The van der Waals surface area contributed by atoms with Gasteiger partial charge in [0.15, 0.2) is 0 Å². The van der Waals surface area contributed by atoms with Gasteiger partial charge in [-0.2, -0.15) is 0 Å². The third kappa shape index (κ3) is 3.74. The maximum atomic E-state index is 5.70. The second-order valence-corrected chi connectivity index (χ2v) is 4.23. The average Bonchev–Trinajstić information content (AvgIpc) is 2.29. The van der Waals surface area contributed by atoms with Crippen LogP contribution in [0.2, 0.25) is 0 Å². The lowest BCUT2D eigenvalue weighted by Gasteiger charge is -2.19. The molecule has 2 N–H and O–H groups in total. The maximum Gasteiger partial charge on any atom is 0.122 e. The van der Waals surface area contributed by atoms with E-state index in [0.29, 0.717) is 25.0 Å². The Kier molecular flexibility index (Phi) is 5.12. The molecule has 0 aliphatic carbocycles. The summed E-state index contributed by atoms with van der Waals surface area (Å²) in [6, 6.07) is 7.63. The molecule has 0 bridgehead atoms. The molecule has 0 radical (unpaired) electrons. The fraction of sp³-hybridized carbons (Fsp3) is 0.538. The minimum atomic E-state index is 0.395. The van der Waals surface area contributed by atoms with Gasteiger partial charge in [0.25, 0.3) is 0 Å². The van der Waals surface area contributed by atoms with Crippen molar-refractivity contribution in [3.05, 3.63) is 24.3 Å². The lowest BCUT2D eigenvalue weighted by atomic mass is 9.97. The van der Waals surface area contributed by atoms with E-state index in [1.54, 1.807) is 7.11 Å². The molecule has 1 atom stereocenters. The summed E-state index contributed by atoms with van der Waals surface area (Å²) in [6.07, 6.45) is 0. The molecule has 0 spiro atoms. The molecule has 3 nitrogen and oxygen atoms in total. The second kappa shape index (κ2) is 6.38. The minimum absolute atomic E-state index is 0.395. The van der Waals surface area contributed by atoms with Gasteiger partial charge in [0.1, 0.15) is 11.5 Å². The molecular formula is C13H21NO2. The quantitative estimate of drug-likeness (QED) is 0.804. The summed E-state index contributed by atoms with van der Waals surface area (Å²) in [5.74, 6) is 2.58. The highest BCUT2D eigenvalue weighted by molar-refractivity contribution is 5.32. The molecule has 1 aromatic rings. The van der Waals surface area contributed by atoms with Crippen LogP contribution < -0.4 is 15.2 Å². The van der Waals surface area contributed by atoms with Crippen molar-refractivity contribution in [3.63, 3.8) is 0 Å². The van der Waals surface area contributed by atoms with Gasteiger partial charge in [-0.3, -0.25) is 0 Å². The van der Waals surface area contributed by atoms with Crippen LogP contribution in [0.15, 0.2) is 24.3 Å². The first kappa shape index (κ1) is 12.8. The maximum absolute atomic E-state index is 5.70. The summed E-state index contributed by atoms with van der Waals surface area (Å²) in [5, 5.41) is 0. The minimum Gasteiger partial charge on any atom is -0.497 e.